The van der Waals surface area contributed by atoms with Crippen LogP contribution >= 0.6 is 0 Å². The third-order valence-electron chi connectivity index (χ3n) is 12.1. The van der Waals surface area contributed by atoms with Gasteiger partial charge in [0.05, 0.1) is 62.7 Å². The lowest BCUT2D eigenvalue weighted by Crippen LogP contribution is -2.43. The van der Waals surface area contributed by atoms with E-state index >= 15 is 0 Å². The second-order valence-electron chi connectivity index (χ2n) is 18.0. The second kappa shape index (κ2) is 23.5. The Morgan fingerprint density at radius 2 is 1.07 bits per heavy atom. The smallest absolute Gasteiger partial charge is 0.343 e. The number of allylic oxidation sites excluding steroid dienone is 8. The molecule has 3 aromatic rings. The molecule has 3 aromatic carbocycles. The topological polar surface area (TPSA) is 204 Å². The van der Waals surface area contributed by atoms with Crippen LogP contribution in [-0.2, 0) is 38.0 Å². The summed E-state index contributed by atoms with van der Waals surface area (Å²) in [5.41, 5.74) is 1.04. The number of carbonyl (C=O) groups excluding carboxylic acids is 4. The molecule has 4 unspecified atom stereocenters. The lowest BCUT2D eigenvalue weighted by molar-refractivity contribution is -0.153. The SMILES string of the molecule is C=CC(=O)OCOc1ccc(C(=O)Oc2ccc(OC(=O)c3ccc(OCOCC4(C)COC4)c(OCOCC4(C)COC4)c3)c(/C=N/N=C3C4C=CC=CC4C4C=CC=CC34)c2)cc1OCOC(=O)C=C. The van der Waals surface area contributed by atoms with E-state index in [1.165, 1.54) is 54.7 Å². The average molecular weight is 987 g/mol. The summed E-state index contributed by atoms with van der Waals surface area (Å²) in [4.78, 5) is 51.0. The Hall–Kier alpha value is -7.64. The summed E-state index contributed by atoms with van der Waals surface area (Å²) < 4.78 is 67.0. The molecular formula is C54H54N2O16. The third kappa shape index (κ3) is 12.8. The monoisotopic (exact) mass is 986 g/mol. The molecule has 2 aliphatic heterocycles. The Morgan fingerprint density at radius 1 is 0.597 bits per heavy atom. The van der Waals surface area contributed by atoms with Crippen molar-refractivity contribution in [3.05, 3.63) is 145 Å². The van der Waals surface area contributed by atoms with Gasteiger partial charge in [0.2, 0.25) is 13.6 Å². The maximum atomic E-state index is 14.0. The highest BCUT2D eigenvalue weighted by Gasteiger charge is 2.45. The maximum Gasteiger partial charge on any atom is 0.343 e. The quantitative estimate of drug-likeness (QED) is 0.0162. The van der Waals surface area contributed by atoms with Crippen molar-refractivity contribution in [3.63, 3.8) is 0 Å². The second-order valence-corrected chi connectivity index (χ2v) is 18.0. The fourth-order valence-electron chi connectivity index (χ4n) is 8.21. The Bertz CT molecular complexity index is 2680. The summed E-state index contributed by atoms with van der Waals surface area (Å²) in [6.45, 7) is 12.7. The first kappa shape index (κ1) is 50.7. The van der Waals surface area contributed by atoms with E-state index in [0.29, 0.717) is 45.4 Å². The zero-order valence-corrected chi connectivity index (χ0v) is 39.8. The minimum Gasteiger partial charge on any atom is -0.464 e. The Balaban J connectivity index is 1.04. The van der Waals surface area contributed by atoms with Crippen LogP contribution in [0.4, 0.5) is 0 Å². The molecular weight excluding hydrogens is 933 g/mol. The summed E-state index contributed by atoms with van der Waals surface area (Å²) in [6, 6.07) is 13.0. The number of carbonyl (C=O) groups is 4. The van der Waals surface area contributed by atoms with Crippen LogP contribution in [0.1, 0.15) is 40.1 Å². The number of rotatable bonds is 24. The lowest BCUT2D eigenvalue weighted by Gasteiger charge is -2.37. The summed E-state index contributed by atoms with van der Waals surface area (Å²) in [6.07, 6.45) is 20.1. The Morgan fingerprint density at radius 3 is 1.58 bits per heavy atom. The third-order valence-corrected chi connectivity index (χ3v) is 12.1. The van der Waals surface area contributed by atoms with Crippen LogP contribution in [0.25, 0.3) is 0 Å². The van der Waals surface area contributed by atoms with Gasteiger partial charge in [0.15, 0.2) is 36.6 Å². The molecule has 2 saturated heterocycles. The van der Waals surface area contributed by atoms with Gasteiger partial charge in [0, 0.05) is 40.4 Å². The molecule has 18 heteroatoms. The normalized spacial score (nSPS) is 20.4. The minimum absolute atomic E-state index is 0.00182. The van der Waals surface area contributed by atoms with Crippen LogP contribution in [0.15, 0.2) is 139 Å². The molecule has 18 nitrogen and oxygen atoms in total. The number of ether oxygens (including phenoxy) is 12. The summed E-state index contributed by atoms with van der Waals surface area (Å²) >= 11 is 0. The van der Waals surface area contributed by atoms with Crippen LogP contribution in [0.2, 0.25) is 0 Å². The van der Waals surface area contributed by atoms with Gasteiger partial charge in [-0.1, -0.05) is 75.6 Å². The van der Waals surface area contributed by atoms with Crippen molar-refractivity contribution < 1.29 is 76.0 Å². The standard InChI is InChI=1S/C54H54N2O16/c1-5-48(57)69-33-67-45-19-15-35(22-47(45)68-34-70-49(58)6-2)51(59)71-38-17-20-43(37(21-38)24-55-56-50-41-13-9-7-11-39(41)40-12-8-10-14-42(40)50)72-52(60)36-16-18-44(65-31-63-29-53(3)25-61-26-53)46(23-36)66-32-64-30-54(4)27-62-28-54/h5-24,39-42H,1-2,25-34H2,3-4H3/b55-24+,56-50?. The molecule has 0 radical (unpaired) electrons. The van der Waals surface area contributed by atoms with E-state index in [1.807, 2.05) is 24.3 Å². The zero-order chi connectivity index (χ0) is 50.5. The number of fused-ring (bicyclic) bond motifs is 3. The predicted octanol–water partition coefficient (Wildman–Crippen LogP) is 7.54. The highest BCUT2D eigenvalue weighted by atomic mass is 16.7. The van der Waals surface area contributed by atoms with Crippen molar-refractivity contribution in [2.45, 2.75) is 13.8 Å². The molecule has 0 aromatic heterocycles. The van der Waals surface area contributed by atoms with Crippen molar-refractivity contribution in [2.75, 3.05) is 66.8 Å². The van der Waals surface area contributed by atoms with Gasteiger partial charge in [-0.3, -0.25) is 0 Å². The van der Waals surface area contributed by atoms with Gasteiger partial charge in [-0.05, 0) is 66.4 Å². The number of benzene rings is 3. The fraction of sp³-hybridized carbons (Fsp3) is 0.333. The van der Waals surface area contributed by atoms with Crippen LogP contribution in [-0.4, -0.2) is 103 Å². The van der Waals surface area contributed by atoms with Crippen LogP contribution in [0.3, 0.4) is 0 Å². The molecule has 5 aliphatic rings. The minimum atomic E-state index is -0.830. The van der Waals surface area contributed by atoms with E-state index < -0.39 is 37.5 Å². The molecule has 1 saturated carbocycles. The molecule has 3 fully saturated rings. The van der Waals surface area contributed by atoms with Gasteiger partial charge in [-0.15, -0.1) is 0 Å². The van der Waals surface area contributed by atoms with Crippen molar-refractivity contribution in [1.29, 1.82) is 0 Å². The highest BCUT2D eigenvalue weighted by Crippen LogP contribution is 2.46. The molecule has 8 rings (SSSR count). The van der Waals surface area contributed by atoms with Crippen molar-refractivity contribution in [1.82, 2.24) is 0 Å². The number of hydrogen-bond donors (Lipinski definition) is 0. The molecule has 2 heterocycles. The van der Waals surface area contributed by atoms with E-state index in [-0.39, 0.29) is 93.5 Å². The summed E-state index contributed by atoms with van der Waals surface area (Å²) in [5.74, 6) is -1.93. The Labute approximate surface area is 415 Å². The number of hydrogen-bond acceptors (Lipinski definition) is 18. The van der Waals surface area contributed by atoms with E-state index in [4.69, 9.17) is 61.9 Å². The molecule has 72 heavy (non-hydrogen) atoms. The van der Waals surface area contributed by atoms with Crippen LogP contribution in [0.5, 0.6) is 34.5 Å². The fourth-order valence-corrected chi connectivity index (χ4v) is 8.21. The maximum absolute atomic E-state index is 14.0. The van der Waals surface area contributed by atoms with Crippen molar-refractivity contribution in [2.24, 2.45) is 44.7 Å². The van der Waals surface area contributed by atoms with Crippen LogP contribution in [0, 0.1) is 34.5 Å². The predicted molar refractivity (Wildman–Crippen MR) is 259 cm³/mol. The first-order chi connectivity index (χ1) is 34.9. The van der Waals surface area contributed by atoms with Crippen molar-refractivity contribution >= 4 is 35.8 Å². The lowest BCUT2D eigenvalue weighted by atomic mass is 9.83. The van der Waals surface area contributed by atoms with E-state index in [1.54, 1.807) is 6.07 Å². The molecule has 0 bridgehead atoms. The van der Waals surface area contributed by atoms with Gasteiger partial charge in [0.1, 0.15) is 11.5 Å². The zero-order valence-electron chi connectivity index (χ0n) is 39.8. The molecule has 4 atom stereocenters. The molecule has 0 amide bonds. The van der Waals surface area contributed by atoms with Gasteiger partial charge >= 0.3 is 23.9 Å². The van der Waals surface area contributed by atoms with E-state index in [9.17, 15) is 19.2 Å². The van der Waals surface area contributed by atoms with Crippen molar-refractivity contribution in [3.8, 4) is 34.5 Å². The molecule has 0 N–H and O–H groups in total. The summed E-state index contributed by atoms with van der Waals surface area (Å²) in [7, 11) is 0. The first-order valence-corrected chi connectivity index (χ1v) is 23.0. The van der Waals surface area contributed by atoms with E-state index in [0.717, 1.165) is 17.9 Å². The number of esters is 4. The Kier molecular flexibility index (Phi) is 16.6. The molecule has 3 aliphatic carbocycles. The van der Waals surface area contributed by atoms with Gasteiger partial charge < -0.3 is 56.8 Å². The van der Waals surface area contributed by atoms with E-state index in [2.05, 4.69) is 56.4 Å². The average Bonchev–Trinajstić information content (AvgIpc) is 3.69. The molecule has 0 spiro atoms. The number of nitrogens with zero attached hydrogens (tertiary/aromatic N) is 2. The van der Waals surface area contributed by atoms with Gasteiger partial charge in [-0.25, -0.2) is 19.2 Å². The first-order valence-electron chi connectivity index (χ1n) is 23.0. The van der Waals surface area contributed by atoms with Gasteiger partial charge in [-0.2, -0.15) is 10.2 Å². The largest absolute Gasteiger partial charge is 0.464 e. The summed E-state index contributed by atoms with van der Waals surface area (Å²) in [5, 5.41) is 9.26. The molecule has 376 valence electrons. The van der Waals surface area contributed by atoms with Gasteiger partial charge in [0.25, 0.3) is 0 Å². The highest BCUT2D eigenvalue weighted by molar-refractivity contribution is 5.97. The van der Waals surface area contributed by atoms with Crippen LogP contribution < -0.4 is 28.4 Å².